The largest absolute Gasteiger partial charge is 0.424 e. The second kappa shape index (κ2) is 7.55. The lowest BCUT2D eigenvalue weighted by Gasteiger charge is -2.32. The van der Waals surface area contributed by atoms with Gasteiger partial charge >= 0.3 is 11.9 Å². The minimum atomic E-state index is -4.40. The topological polar surface area (TPSA) is 67.5 Å². The number of nitrogens with zero attached hydrogens (tertiary/aromatic N) is 3. The van der Waals surface area contributed by atoms with Crippen LogP contribution in [-0.4, -0.2) is 38.4 Å². The molecular formula is C21H20F3N3O3. The van der Waals surface area contributed by atoms with E-state index in [0.717, 1.165) is 12.1 Å². The van der Waals surface area contributed by atoms with Crippen LogP contribution in [0.15, 0.2) is 53.3 Å². The van der Waals surface area contributed by atoms with Crippen LogP contribution < -0.4 is 5.69 Å². The molecule has 0 radical (unpaired) electrons. The summed E-state index contributed by atoms with van der Waals surface area (Å²) in [5.74, 6) is -0.162. The van der Waals surface area contributed by atoms with E-state index in [-0.39, 0.29) is 18.4 Å². The molecule has 6 nitrogen and oxygen atoms in total. The highest BCUT2D eigenvalue weighted by Crippen LogP contribution is 2.29. The van der Waals surface area contributed by atoms with Gasteiger partial charge in [0, 0.05) is 19.1 Å². The second-order valence-corrected chi connectivity index (χ2v) is 7.44. The standard InChI is InChI=1S/C21H20F3N3O3/c22-21(23,24)15-7-5-14(6-8-15)13-19(28)25-11-9-16(10-12-25)26-17-3-1-2-4-18(17)27(30)20(26)29/h1-8,16,30H,9-13H2. The van der Waals surface area contributed by atoms with Crippen LogP contribution in [0, 0.1) is 0 Å². The van der Waals surface area contributed by atoms with Gasteiger partial charge in [-0.2, -0.15) is 13.2 Å². The number of benzene rings is 2. The average molecular weight is 419 g/mol. The van der Waals surface area contributed by atoms with Gasteiger partial charge in [-0.1, -0.05) is 24.3 Å². The molecule has 0 spiro atoms. The van der Waals surface area contributed by atoms with Gasteiger partial charge in [0.2, 0.25) is 5.91 Å². The van der Waals surface area contributed by atoms with Gasteiger partial charge in [-0.15, -0.1) is 4.73 Å². The molecule has 1 N–H and O–H groups in total. The lowest BCUT2D eigenvalue weighted by atomic mass is 10.0. The monoisotopic (exact) mass is 419 g/mol. The molecular weight excluding hydrogens is 399 g/mol. The van der Waals surface area contributed by atoms with E-state index in [2.05, 4.69) is 0 Å². The van der Waals surface area contributed by atoms with E-state index in [1.165, 1.54) is 12.1 Å². The Morgan fingerprint density at radius 1 is 1.00 bits per heavy atom. The molecule has 0 unspecified atom stereocenters. The summed E-state index contributed by atoms with van der Waals surface area (Å²) in [6.45, 7) is 0.864. The number of fused-ring (bicyclic) bond motifs is 1. The van der Waals surface area contributed by atoms with Crippen molar-refractivity contribution in [2.45, 2.75) is 31.5 Å². The Hall–Kier alpha value is -3.23. The molecule has 1 aromatic heterocycles. The van der Waals surface area contributed by atoms with Gasteiger partial charge < -0.3 is 10.1 Å². The highest BCUT2D eigenvalue weighted by molar-refractivity contribution is 5.79. The van der Waals surface area contributed by atoms with E-state index in [1.807, 2.05) is 0 Å². The number of para-hydroxylation sites is 2. The van der Waals surface area contributed by atoms with Crippen molar-refractivity contribution in [1.29, 1.82) is 0 Å². The van der Waals surface area contributed by atoms with E-state index < -0.39 is 17.4 Å². The van der Waals surface area contributed by atoms with Crippen molar-refractivity contribution in [2.24, 2.45) is 0 Å². The van der Waals surface area contributed by atoms with Crippen molar-refractivity contribution in [3.05, 3.63) is 70.1 Å². The van der Waals surface area contributed by atoms with Crippen molar-refractivity contribution < 1.29 is 23.2 Å². The number of likely N-dealkylation sites (tertiary alicyclic amines) is 1. The second-order valence-electron chi connectivity index (χ2n) is 7.44. The maximum atomic E-state index is 12.7. The average Bonchev–Trinajstić information content (AvgIpc) is 2.98. The number of carbonyl (C=O) groups is 1. The third-order valence-electron chi connectivity index (χ3n) is 5.58. The lowest BCUT2D eigenvalue weighted by molar-refractivity contribution is -0.137. The molecule has 2 aromatic carbocycles. The van der Waals surface area contributed by atoms with Crippen LogP contribution in [-0.2, 0) is 17.4 Å². The fourth-order valence-corrected chi connectivity index (χ4v) is 3.98. The summed E-state index contributed by atoms with van der Waals surface area (Å²) in [6, 6.07) is 11.4. The zero-order valence-corrected chi connectivity index (χ0v) is 16.0. The molecule has 1 amide bonds. The Morgan fingerprint density at radius 2 is 1.60 bits per heavy atom. The van der Waals surface area contributed by atoms with Crippen LogP contribution in [0.25, 0.3) is 11.0 Å². The molecule has 0 saturated carbocycles. The van der Waals surface area contributed by atoms with Crippen molar-refractivity contribution in [3.63, 3.8) is 0 Å². The van der Waals surface area contributed by atoms with Gasteiger partial charge in [-0.3, -0.25) is 9.36 Å². The fourth-order valence-electron chi connectivity index (χ4n) is 3.98. The summed E-state index contributed by atoms with van der Waals surface area (Å²) >= 11 is 0. The number of amides is 1. The molecule has 4 rings (SSSR count). The number of rotatable bonds is 3. The summed E-state index contributed by atoms with van der Waals surface area (Å²) < 4.78 is 40.2. The van der Waals surface area contributed by atoms with Gasteiger partial charge in [0.25, 0.3) is 0 Å². The molecule has 0 aliphatic carbocycles. The number of carbonyl (C=O) groups excluding carboxylic acids is 1. The smallest absolute Gasteiger partial charge is 0.416 e. The normalized spacial score (nSPS) is 15.6. The molecule has 158 valence electrons. The van der Waals surface area contributed by atoms with E-state index in [0.29, 0.717) is 47.3 Å². The SMILES string of the molecule is O=C(Cc1ccc(C(F)(F)F)cc1)N1CCC(n2c(=O)n(O)c3ccccc32)CC1. The molecule has 30 heavy (non-hydrogen) atoms. The van der Waals surface area contributed by atoms with E-state index in [9.17, 15) is 28.0 Å². The Morgan fingerprint density at radius 3 is 2.20 bits per heavy atom. The van der Waals surface area contributed by atoms with Crippen LogP contribution >= 0.6 is 0 Å². The lowest BCUT2D eigenvalue weighted by Crippen LogP contribution is -2.41. The fraction of sp³-hybridized carbons (Fsp3) is 0.333. The highest BCUT2D eigenvalue weighted by Gasteiger charge is 2.30. The molecule has 1 aliphatic rings. The Labute approximate surface area is 169 Å². The molecule has 2 heterocycles. The Balaban J connectivity index is 1.42. The van der Waals surface area contributed by atoms with Crippen molar-refractivity contribution >= 4 is 16.9 Å². The quantitative estimate of drug-likeness (QED) is 0.661. The molecule has 1 aliphatic heterocycles. The number of aromatic nitrogens is 2. The summed E-state index contributed by atoms with van der Waals surface area (Å²) in [7, 11) is 0. The van der Waals surface area contributed by atoms with E-state index >= 15 is 0 Å². The third kappa shape index (κ3) is 3.67. The van der Waals surface area contributed by atoms with Gasteiger partial charge in [-0.05, 0) is 42.7 Å². The molecule has 1 saturated heterocycles. The van der Waals surface area contributed by atoms with Crippen molar-refractivity contribution in [1.82, 2.24) is 14.2 Å². The van der Waals surface area contributed by atoms with Gasteiger partial charge in [0.05, 0.1) is 17.5 Å². The van der Waals surface area contributed by atoms with Crippen LogP contribution in [0.5, 0.6) is 0 Å². The van der Waals surface area contributed by atoms with Crippen molar-refractivity contribution in [2.75, 3.05) is 13.1 Å². The Bertz CT molecular complexity index is 1120. The first kappa shape index (κ1) is 20.1. The van der Waals surface area contributed by atoms with Crippen LogP contribution in [0.2, 0.25) is 0 Å². The van der Waals surface area contributed by atoms with Crippen molar-refractivity contribution in [3.8, 4) is 0 Å². The highest BCUT2D eigenvalue weighted by atomic mass is 19.4. The number of alkyl halides is 3. The molecule has 0 atom stereocenters. The maximum Gasteiger partial charge on any atom is 0.416 e. The summed E-state index contributed by atoms with van der Waals surface area (Å²) in [5.41, 5.74) is 0.344. The van der Waals surface area contributed by atoms with Gasteiger partial charge in [0.15, 0.2) is 0 Å². The number of imidazole rings is 1. The summed E-state index contributed by atoms with van der Waals surface area (Å²) in [4.78, 5) is 26.7. The van der Waals surface area contributed by atoms with E-state index in [1.54, 1.807) is 33.7 Å². The maximum absolute atomic E-state index is 12.7. The van der Waals surface area contributed by atoms with E-state index in [4.69, 9.17) is 0 Å². The predicted octanol–water partition coefficient (Wildman–Crippen LogP) is 3.47. The molecule has 0 bridgehead atoms. The minimum absolute atomic E-state index is 0.0265. The zero-order chi connectivity index (χ0) is 21.5. The minimum Gasteiger partial charge on any atom is -0.424 e. The first-order chi connectivity index (χ1) is 14.3. The van der Waals surface area contributed by atoms with Gasteiger partial charge in [0.1, 0.15) is 5.52 Å². The predicted molar refractivity (Wildman–Crippen MR) is 103 cm³/mol. The zero-order valence-electron chi connectivity index (χ0n) is 16.0. The molecule has 3 aromatic rings. The summed E-state index contributed by atoms with van der Waals surface area (Å²) in [6.07, 6.45) is -3.28. The van der Waals surface area contributed by atoms with Crippen LogP contribution in [0.1, 0.15) is 30.0 Å². The molecule has 1 fully saturated rings. The van der Waals surface area contributed by atoms with Crippen LogP contribution in [0.3, 0.4) is 0 Å². The number of halogens is 3. The van der Waals surface area contributed by atoms with Crippen LogP contribution in [0.4, 0.5) is 13.2 Å². The number of hydrogen-bond acceptors (Lipinski definition) is 3. The first-order valence-electron chi connectivity index (χ1n) is 9.61. The van der Waals surface area contributed by atoms with Gasteiger partial charge in [-0.25, -0.2) is 4.79 Å². The Kier molecular flexibility index (Phi) is 5.05. The summed E-state index contributed by atoms with van der Waals surface area (Å²) in [5, 5.41) is 10.0. The molecule has 9 heteroatoms. The number of piperidine rings is 1. The number of hydrogen-bond donors (Lipinski definition) is 1. The third-order valence-corrected chi connectivity index (χ3v) is 5.58. The first-order valence-corrected chi connectivity index (χ1v) is 9.61.